The molecular formula is C24H29N3O5S. The van der Waals surface area contributed by atoms with Crippen LogP contribution in [0.1, 0.15) is 61.6 Å². The molecule has 2 aliphatic rings. The van der Waals surface area contributed by atoms with Crippen molar-refractivity contribution >= 4 is 39.3 Å². The second kappa shape index (κ2) is 8.85. The summed E-state index contributed by atoms with van der Waals surface area (Å²) in [6.45, 7) is 3.31. The Morgan fingerprint density at radius 3 is 2.61 bits per heavy atom. The summed E-state index contributed by atoms with van der Waals surface area (Å²) in [6.07, 6.45) is 4.63. The van der Waals surface area contributed by atoms with E-state index in [0.717, 1.165) is 22.4 Å². The number of imide groups is 1. The van der Waals surface area contributed by atoms with Gasteiger partial charge in [-0.1, -0.05) is 17.3 Å². The monoisotopic (exact) mass is 471 g/mol. The molecule has 1 N–H and O–H groups in total. The average molecular weight is 472 g/mol. The predicted molar refractivity (Wildman–Crippen MR) is 126 cm³/mol. The molecule has 2 aromatic rings. The van der Waals surface area contributed by atoms with Crippen LogP contribution in [0.4, 0.5) is 4.79 Å². The van der Waals surface area contributed by atoms with Gasteiger partial charge in [0.05, 0.1) is 5.92 Å². The second-order valence-corrected chi connectivity index (χ2v) is 10.6. The van der Waals surface area contributed by atoms with E-state index >= 15 is 0 Å². The molecule has 1 aromatic carbocycles. The molecule has 1 aliphatic carbocycles. The number of amides is 3. The minimum absolute atomic E-state index is 0.00927. The number of aryl methyl sites for hydroxylation is 2. The number of carboxylic acid groups (broad SMARTS) is 1. The number of benzene rings is 1. The van der Waals surface area contributed by atoms with Crippen molar-refractivity contribution in [2.45, 2.75) is 64.0 Å². The first-order chi connectivity index (χ1) is 15.6. The third-order valence-corrected chi connectivity index (χ3v) is 8.43. The molecule has 0 saturated carbocycles. The molecule has 2 heterocycles. The maximum atomic E-state index is 12.6. The molecule has 8 nitrogen and oxygen atoms in total. The van der Waals surface area contributed by atoms with Crippen LogP contribution in [0.15, 0.2) is 23.4 Å². The van der Waals surface area contributed by atoms with Crippen LogP contribution < -0.4 is 0 Å². The number of thiophene rings is 1. The van der Waals surface area contributed by atoms with Crippen LogP contribution in [0, 0.1) is 10.8 Å². The molecule has 2 atom stereocenters. The molecule has 1 aliphatic heterocycles. The maximum Gasteiger partial charge on any atom is 0.327 e. The van der Waals surface area contributed by atoms with E-state index in [1.807, 2.05) is 18.2 Å². The molecule has 0 radical (unpaired) electrons. The topological polar surface area (TPSA) is 107 Å². The molecule has 4 rings (SSSR count). The molecule has 2 unspecified atom stereocenters. The van der Waals surface area contributed by atoms with Crippen LogP contribution in [0.25, 0.3) is 10.1 Å². The molecule has 1 aromatic heterocycles. The lowest BCUT2D eigenvalue weighted by atomic mass is 9.91. The summed E-state index contributed by atoms with van der Waals surface area (Å²) in [7, 11) is 1.56. The van der Waals surface area contributed by atoms with Crippen LogP contribution in [-0.4, -0.2) is 51.9 Å². The van der Waals surface area contributed by atoms with E-state index in [1.54, 1.807) is 32.2 Å². The Morgan fingerprint density at radius 1 is 1.24 bits per heavy atom. The number of urea groups is 1. The normalized spacial score (nSPS) is 19.6. The molecule has 9 heteroatoms. The first-order valence-corrected chi connectivity index (χ1v) is 12.2. The van der Waals surface area contributed by atoms with Crippen molar-refractivity contribution in [3.8, 4) is 0 Å². The largest absolute Gasteiger partial charge is 0.481 e. The molecule has 3 amide bonds. The number of aliphatic carboxylic acids is 1. The van der Waals surface area contributed by atoms with Gasteiger partial charge in [-0.05, 0) is 75.0 Å². The fourth-order valence-corrected chi connectivity index (χ4v) is 6.15. The van der Waals surface area contributed by atoms with Crippen molar-refractivity contribution in [2.75, 3.05) is 13.6 Å². The van der Waals surface area contributed by atoms with Crippen LogP contribution in [0.5, 0.6) is 0 Å². The zero-order valence-corrected chi connectivity index (χ0v) is 20.0. The van der Waals surface area contributed by atoms with Gasteiger partial charge < -0.3 is 10.0 Å². The first kappa shape index (κ1) is 23.4. The average Bonchev–Trinajstić information content (AvgIpc) is 3.23. The lowest BCUT2D eigenvalue weighted by molar-refractivity contribution is -0.143. The number of hydrogen-bond acceptors (Lipinski definition) is 6. The van der Waals surface area contributed by atoms with Gasteiger partial charge in [-0.3, -0.25) is 14.5 Å². The predicted octanol–water partition coefficient (Wildman–Crippen LogP) is 4.74. The second-order valence-electron chi connectivity index (χ2n) is 9.50. The maximum absolute atomic E-state index is 12.6. The summed E-state index contributed by atoms with van der Waals surface area (Å²) in [4.78, 5) is 52.6. The van der Waals surface area contributed by atoms with Crippen molar-refractivity contribution in [1.82, 2.24) is 9.80 Å². The molecule has 176 valence electrons. The van der Waals surface area contributed by atoms with E-state index < -0.39 is 29.5 Å². The Hall–Kier alpha value is -2.81. The zero-order chi connectivity index (χ0) is 23.9. The van der Waals surface area contributed by atoms with Gasteiger partial charge in [-0.15, -0.1) is 11.3 Å². The third-order valence-electron chi connectivity index (χ3n) is 7.18. The Balaban J connectivity index is 1.50. The molecule has 0 spiro atoms. The molecular weight excluding hydrogens is 442 g/mol. The highest BCUT2D eigenvalue weighted by Crippen LogP contribution is 2.39. The van der Waals surface area contributed by atoms with Gasteiger partial charge in [0, 0.05) is 23.2 Å². The van der Waals surface area contributed by atoms with E-state index in [4.69, 9.17) is 0 Å². The van der Waals surface area contributed by atoms with E-state index in [9.17, 15) is 24.4 Å². The Labute approximate surface area is 196 Å². The number of nitroso groups, excluding NO2 is 1. The number of nitrogens with zero attached hydrogens (tertiary/aromatic N) is 3. The van der Waals surface area contributed by atoms with E-state index in [2.05, 4.69) is 5.18 Å². The van der Waals surface area contributed by atoms with Gasteiger partial charge >= 0.3 is 12.0 Å². The minimum atomic E-state index is -1.07. The Morgan fingerprint density at radius 2 is 1.97 bits per heavy atom. The fraction of sp³-hybridized carbons (Fsp3) is 0.542. The third kappa shape index (κ3) is 4.14. The lowest BCUT2D eigenvalue weighted by Gasteiger charge is -2.22. The van der Waals surface area contributed by atoms with Crippen molar-refractivity contribution < 1.29 is 19.5 Å². The van der Waals surface area contributed by atoms with Crippen molar-refractivity contribution in [3.05, 3.63) is 39.1 Å². The number of carbonyl (C=O) groups is 3. The quantitative estimate of drug-likeness (QED) is 0.442. The summed E-state index contributed by atoms with van der Waals surface area (Å²) >= 11 is 1.75. The summed E-state index contributed by atoms with van der Waals surface area (Å²) in [5.41, 5.74) is 1.15. The summed E-state index contributed by atoms with van der Waals surface area (Å²) in [5, 5.41) is 14.2. The smallest absolute Gasteiger partial charge is 0.327 e. The number of hydrogen-bond donors (Lipinski definition) is 1. The standard InChI is InChI=1S/C24H29N3O5S/c1-24(2)22(30)27(23(31)26(24)3)11-10-15(21(28)29)12-18(25-32)14-8-9-17-16-6-4-5-7-19(16)33-20(17)13-14/h8-9,13,15,18H,4-7,10-12H2,1-3H3,(H,28,29). The number of carboxylic acids is 1. The highest BCUT2D eigenvalue weighted by Gasteiger charge is 2.49. The van der Waals surface area contributed by atoms with Gasteiger partial charge in [-0.25, -0.2) is 4.79 Å². The molecule has 0 bridgehead atoms. The summed E-state index contributed by atoms with van der Waals surface area (Å²) in [5.74, 6) is -2.33. The summed E-state index contributed by atoms with van der Waals surface area (Å²) < 4.78 is 1.11. The van der Waals surface area contributed by atoms with Gasteiger partial charge in [-0.2, -0.15) is 4.91 Å². The van der Waals surface area contributed by atoms with E-state index in [0.29, 0.717) is 5.56 Å². The Bertz CT molecular complexity index is 1120. The Kier molecular flexibility index (Phi) is 6.26. The van der Waals surface area contributed by atoms with Gasteiger partial charge in [0.1, 0.15) is 11.6 Å². The number of fused-ring (bicyclic) bond motifs is 3. The SMILES string of the molecule is CN1C(=O)N(CCC(CC(N=O)c2ccc3c4c(sc3c2)CCCC4)C(=O)O)C(=O)C1(C)C. The number of rotatable bonds is 8. The van der Waals surface area contributed by atoms with Crippen molar-refractivity contribution in [2.24, 2.45) is 11.1 Å². The van der Waals surface area contributed by atoms with Gasteiger partial charge in [0.25, 0.3) is 5.91 Å². The number of likely N-dealkylation sites (N-methyl/N-ethyl adjacent to an activating group) is 1. The van der Waals surface area contributed by atoms with E-state index in [-0.39, 0.29) is 25.3 Å². The van der Waals surface area contributed by atoms with Crippen molar-refractivity contribution in [1.29, 1.82) is 0 Å². The minimum Gasteiger partial charge on any atom is -0.481 e. The van der Waals surface area contributed by atoms with Crippen LogP contribution in [0.3, 0.4) is 0 Å². The first-order valence-electron chi connectivity index (χ1n) is 11.3. The molecule has 1 saturated heterocycles. The van der Waals surface area contributed by atoms with Gasteiger partial charge in [0.2, 0.25) is 0 Å². The van der Waals surface area contributed by atoms with E-state index in [1.165, 1.54) is 33.6 Å². The van der Waals surface area contributed by atoms with Crippen LogP contribution >= 0.6 is 11.3 Å². The van der Waals surface area contributed by atoms with Crippen LogP contribution in [-0.2, 0) is 22.4 Å². The fourth-order valence-electron chi connectivity index (χ4n) is 4.80. The van der Waals surface area contributed by atoms with Gasteiger partial charge in [0.15, 0.2) is 0 Å². The highest BCUT2D eigenvalue weighted by molar-refractivity contribution is 7.19. The number of carbonyl (C=O) groups excluding carboxylic acids is 2. The van der Waals surface area contributed by atoms with Crippen molar-refractivity contribution in [3.63, 3.8) is 0 Å². The van der Waals surface area contributed by atoms with Crippen LogP contribution in [0.2, 0.25) is 0 Å². The summed E-state index contributed by atoms with van der Waals surface area (Å²) in [6, 6.07) is 4.62. The highest BCUT2D eigenvalue weighted by atomic mass is 32.1. The zero-order valence-electron chi connectivity index (χ0n) is 19.2. The molecule has 33 heavy (non-hydrogen) atoms. The lowest BCUT2D eigenvalue weighted by Crippen LogP contribution is -2.41. The molecule has 1 fully saturated rings.